The Kier molecular flexibility index (Phi) is 1.97. The van der Waals surface area contributed by atoms with Crippen LogP contribution in [0.5, 0.6) is 0 Å². The topological polar surface area (TPSA) is 71.4 Å². The fourth-order valence-corrected chi connectivity index (χ4v) is 1.43. The molecule has 0 amide bonds. The van der Waals surface area contributed by atoms with Crippen LogP contribution in [0.3, 0.4) is 0 Å². The Hall–Kier alpha value is -2.23. The van der Waals surface area contributed by atoms with Gasteiger partial charge in [-0.2, -0.15) is 0 Å². The van der Waals surface area contributed by atoms with Gasteiger partial charge in [0.1, 0.15) is 0 Å². The van der Waals surface area contributed by atoms with E-state index in [2.05, 4.69) is 0 Å². The molecule has 4 nitrogen and oxygen atoms in total. The second-order valence-corrected chi connectivity index (χ2v) is 3.13. The highest BCUT2D eigenvalue weighted by molar-refractivity contribution is 6.22. The third-order valence-electron chi connectivity index (χ3n) is 2.18. The number of allylic oxidation sites excluding steroid dienone is 2. The molecule has 1 N–H and O–H groups in total. The number of carboxylic acids is 1. The minimum atomic E-state index is -1.12. The van der Waals surface area contributed by atoms with E-state index in [0.29, 0.717) is 0 Å². The Bertz CT molecular complexity index is 511. The predicted octanol–water partition coefficient (Wildman–Crippen LogP) is 1.32. The summed E-state index contributed by atoms with van der Waals surface area (Å²) in [5.74, 6) is -1.73. The van der Waals surface area contributed by atoms with Gasteiger partial charge in [-0.15, -0.1) is 0 Å². The number of carbonyl (C=O) groups is 3. The summed E-state index contributed by atoms with van der Waals surface area (Å²) < 4.78 is 0. The van der Waals surface area contributed by atoms with Crippen molar-refractivity contribution in [3.8, 4) is 0 Å². The van der Waals surface area contributed by atoms with Crippen LogP contribution in [-0.2, 0) is 0 Å². The monoisotopic (exact) mass is 202 g/mol. The Balaban J connectivity index is 2.63. The number of fused-ring (bicyclic) bond motifs is 1. The summed E-state index contributed by atoms with van der Waals surface area (Å²) >= 11 is 0. The number of hydrogen-bond acceptors (Lipinski definition) is 3. The van der Waals surface area contributed by atoms with Crippen molar-refractivity contribution in [2.75, 3.05) is 0 Å². The van der Waals surface area contributed by atoms with Crippen LogP contribution in [0.15, 0.2) is 30.4 Å². The van der Waals surface area contributed by atoms with Crippen molar-refractivity contribution in [1.82, 2.24) is 0 Å². The van der Waals surface area contributed by atoms with Gasteiger partial charge in [-0.25, -0.2) is 4.79 Å². The number of hydrogen-bond donors (Lipinski definition) is 1. The highest BCUT2D eigenvalue weighted by Crippen LogP contribution is 2.18. The van der Waals surface area contributed by atoms with Crippen molar-refractivity contribution in [2.24, 2.45) is 0 Å². The van der Waals surface area contributed by atoms with Crippen LogP contribution in [0, 0.1) is 0 Å². The summed E-state index contributed by atoms with van der Waals surface area (Å²) in [6.45, 7) is 0. The lowest BCUT2D eigenvalue weighted by molar-refractivity contribution is 0.0696. The first-order valence-electron chi connectivity index (χ1n) is 4.23. The molecule has 0 unspecified atom stereocenters. The first kappa shape index (κ1) is 9.33. The molecule has 0 saturated carbocycles. The van der Waals surface area contributed by atoms with E-state index in [1.54, 1.807) is 0 Å². The Morgan fingerprint density at radius 1 is 1.00 bits per heavy atom. The maximum absolute atomic E-state index is 11.4. The second kappa shape index (κ2) is 3.16. The zero-order valence-electron chi connectivity index (χ0n) is 7.56. The number of benzene rings is 1. The zero-order valence-corrected chi connectivity index (χ0v) is 7.56. The molecular weight excluding hydrogens is 196 g/mol. The Morgan fingerprint density at radius 3 is 2.20 bits per heavy atom. The van der Waals surface area contributed by atoms with E-state index in [-0.39, 0.29) is 28.3 Å². The molecule has 0 spiro atoms. The van der Waals surface area contributed by atoms with Gasteiger partial charge in [0, 0.05) is 11.1 Å². The summed E-state index contributed by atoms with van der Waals surface area (Å²) in [4.78, 5) is 33.4. The molecule has 0 aliphatic heterocycles. The number of rotatable bonds is 1. The molecular formula is C11H6O4. The highest BCUT2D eigenvalue weighted by Gasteiger charge is 2.20. The molecule has 2 rings (SSSR count). The maximum Gasteiger partial charge on any atom is 0.335 e. The second-order valence-electron chi connectivity index (χ2n) is 3.13. The molecule has 1 aliphatic carbocycles. The lowest BCUT2D eigenvalue weighted by atomic mass is 9.93. The first-order valence-corrected chi connectivity index (χ1v) is 4.23. The first-order chi connectivity index (χ1) is 7.09. The van der Waals surface area contributed by atoms with Gasteiger partial charge >= 0.3 is 5.97 Å². The predicted molar refractivity (Wildman–Crippen MR) is 51.2 cm³/mol. The Labute approximate surface area is 84.8 Å². The van der Waals surface area contributed by atoms with Gasteiger partial charge in [0.15, 0.2) is 11.6 Å². The van der Waals surface area contributed by atoms with Crippen LogP contribution in [0.1, 0.15) is 31.1 Å². The molecule has 0 aromatic heterocycles. The summed E-state index contributed by atoms with van der Waals surface area (Å²) in [5.41, 5.74) is 0.417. The molecule has 0 saturated heterocycles. The smallest absolute Gasteiger partial charge is 0.335 e. The molecule has 1 aliphatic rings. The molecule has 1 aromatic carbocycles. The van der Waals surface area contributed by atoms with E-state index in [1.807, 2.05) is 0 Å². The van der Waals surface area contributed by atoms with E-state index < -0.39 is 5.97 Å². The molecule has 0 atom stereocenters. The van der Waals surface area contributed by atoms with Gasteiger partial charge in [0.05, 0.1) is 5.56 Å². The minimum absolute atomic E-state index is 0.00481. The lowest BCUT2D eigenvalue weighted by Gasteiger charge is -2.08. The van der Waals surface area contributed by atoms with Crippen LogP contribution in [0.25, 0.3) is 0 Å². The number of carbonyl (C=O) groups excluding carboxylic acids is 2. The fourth-order valence-electron chi connectivity index (χ4n) is 1.43. The van der Waals surface area contributed by atoms with E-state index in [4.69, 9.17) is 5.11 Å². The van der Waals surface area contributed by atoms with E-state index in [0.717, 1.165) is 6.08 Å². The average Bonchev–Trinajstić information content (AvgIpc) is 2.23. The molecule has 0 radical (unpaired) electrons. The van der Waals surface area contributed by atoms with Crippen LogP contribution in [-0.4, -0.2) is 22.6 Å². The minimum Gasteiger partial charge on any atom is -0.478 e. The molecule has 74 valence electrons. The van der Waals surface area contributed by atoms with Crippen molar-refractivity contribution in [1.29, 1.82) is 0 Å². The van der Waals surface area contributed by atoms with Crippen LogP contribution >= 0.6 is 0 Å². The van der Waals surface area contributed by atoms with Crippen LogP contribution in [0.2, 0.25) is 0 Å². The Morgan fingerprint density at radius 2 is 1.60 bits per heavy atom. The van der Waals surface area contributed by atoms with Gasteiger partial charge in [-0.05, 0) is 30.4 Å². The van der Waals surface area contributed by atoms with Crippen molar-refractivity contribution >= 4 is 17.5 Å². The summed E-state index contributed by atoms with van der Waals surface area (Å²) in [6.07, 6.45) is 2.33. The third-order valence-corrected chi connectivity index (χ3v) is 2.18. The fraction of sp³-hybridized carbons (Fsp3) is 0. The van der Waals surface area contributed by atoms with Gasteiger partial charge in [0.25, 0.3) is 0 Å². The van der Waals surface area contributed by atoms with Crippen molar-refractivity contribution in [3.05, 3.63) is 47.0 Å². The van der Waals surface area contributed by atoms with Gasteiger partial charge in [-0.1, -0.05) is 0 Å². The molecule has 0 fully saturated rings. The van der Waals surface area contributed by atoms with E-state index in [1.165, 1.54) is 24.3 Å². The highest BCUT2D eigenvalue weighted by atomic mass is 16.4. The number of ketones is 2. The van der Waals surface area contributed by atoms with Crippen molar-refractivity contribution in [3.63, 3.8) is 0 Å². The lowest BCUT2D eigenvalue weighted by Crippen LogP contribution is -2.12. The maximum atomic E-state index is 11.4. The van der Waals surface area contributed by atoms with E-state index in [9.17, 15) is 14.4 Å². The van der Waals surface area contributed by atoms with Crippen LogP contribution < -0.4 is 0 Å². The third kappa shape index (κ3) is 1.46. The molecule has 15 heavy (non-hydrogen) atoms. The van der Waals surface area contributed by atoms with Crippen LogP contribution in [0.4, 0.5) is 0 Å². The number of carboxylic acid groups (broad SMARTS) is 1. The molecule has 0 heterocycles. The quantitative estimate of drug-likeness (QED) is 0.745. The zero-order chi connectivity index (χ0) is 11.0. The largest absolute Gasteiger partial charge is 0.478 e. The van der Waals surface area contributed by atoms with Gasteiger partial charge < -0.3 is 5.11 Å². The van der Waals surface area contributed by atoms with Gasteiger partial charge in [-0.3, -0.25) is 9.59 Å². The molecule has 1 aromatic rings. The summed E-state index contributed by atoms with van der Waals surface area (Å²) in [6, 6.07) is 3.90. The summed E-state index contributed by atoms with van der Waals surface area (Å²) in [7, 11) is 0. The normalized spacial score (nSPS) is 13.9. The summed E-state index contributed by atoms with van der Waals surface area (Å²) in [5, 5.41) is 8.72. The van der Waals surface area contributed by atoms with E-state index >= 15 is 0 Å². The molecule has 0 bridgehead atoms. The average molecular weight is 202 g/mol. The van der Waals surface area contributed by atoms with Gasteiger partial charge in [0.2, 0.25) is 0 Å². The standard InChI is InChI=1S/C11H6O4/c12-9-3-4-10(13)8-5-6(11(14)15)1-2-7(8)9/h1-5H,(H,14,15). The van der Waals surface area contributed by atoms with Crippen molar-refractivity contribution in [2.45, 2.75) is 0 Å². The SMILES string of the molecule is O=C(O)c1ccc2c(c1)C(=O)C=CC2=O. The number of aromatic carboxylic acids is 1. The van der Waals surface area contributed by atoms with Crippen molar-refractivity contribution < 1.29 is 19.5 Å². The molecule has 4 heteroatoms.